The zero-order valence-corrected chi connectivity index (χ0v) is 4.33. The Labute approximate surface area is 47.7 Å². The number of nitrogens with one attached hydrogen (secondary N) is 1. The summed E-state index contributed by atoms with van der Waals surface area (Å²) < 4.78 is 0. The van der Waals surface area contributed by atoms with Crippen molar-refractivity contribution < 1.29 is 0 Å². The standard InChI is InChI=1S/C6H6N2/c7-5-6-1-3-8-4-2-6/h1-5,7H. The molecule has 2 nitrogen and oxygen atoms in total. The Hall–Kier alpha value is -1.18. The molecule has 0 bridgehead atoms. The van der Waals surface area contributed by atoms with Gasteiger partial charge in [-0.1, -0.05) is 0 Å². The number of rotatable bonds is 1. The van der Waals surface area contributed by atoms with Crippen molar-refractivity contribution in [3.63, 3.8) is 0 Å². The van der Waals surface area contributed by atoms with Crippen molar-refractivity contribution in [3.8, 4) is 0 Å². The fourth-order valence-corrected chi connectivity index (χ4v) is 0.460. The van der Waals surface area contributed by atoms with Crippen LogP contribution in [0.2, 0.25) is 0 Å². The highest BCUT2D eigenvalue weighted by atomic mass is 14.6. The van der Waals surface area contributed by atoms with Gasteiger partial charge < -0.3 is 5.41 Å². The van der Waals surface area contributed by atoms with E-state index in [2.05, 4.69) is 4.98 Å². The average Bonchev–Trinajstić information content (AvgIpc) is 1.90. The molecule has 2 heteroatoms. The molecule has 0 aliphatic rings. The lowest BCUT2D eigenvalue weighted by molar-refractivity contribution is 1.32. The van der Waals surface area contributed by atoms with E-state index in [1.165, 1.54) is 6.21 Å². The number of aromatic nitrogens is 1. The second-order valence-corrected chi connectivity index (χ2v) is 1.42. The average molecular weight is 106 g/mol. The second-order valence-electron chi connectivity index (χ2n) is 1.42. The van der Waals surface area contributed by atoms with Gasteiger partial charge in [0.05, 0.1) is 0 Å². The van der Waals surface area contributed by atoms with Gasteiger partial charge in [-0.2, -0.15) is 0 Å². The molecule has 0 fully saturated rings. The number of hydrogen-bond acceptors (Lipinski definition) is 2. The van der Waals surface area contributed by atoms with Gasteiger partial charge in [-0.15, -0.1) is 0 Å². The monoisotopic (exact) mass is 106 g/mol. The van der Waals surface area contributed by atoms with Crippen LogP contribution in [0.3, 0.4) is 0 Å². The molecular weight excluding hydrogens is 100 g/mol. The highest BCUT2D eigenvalue weighted by Crippen LogP contribution is 1.88. The van der Waals surface area contributed by atoms with Crippen molar-refractivity contribution in [2.75, 3.05) is 0 Å². The molecule has 0 radical (unpaired) electrons. The van der Waals surface area contributed by atoms with Gasteiger partial charge in [0, 0.05) is 18.6 Å². The van der Waals surface area contributed by atoms with E-state index in [0.29, 0.717) is 0 Å². The zero-order valence-electron chi connectivity index (χ0n) is 4.33. The molecule has 0 unspecified atom stereocenters. The van der Waals surface area contributed by atoms with Crippen molar-refractivity contribution in [3.05, 3.63) is 30.1 Å². The van der Waals surface area contributed by atoms with E-state index in [-0.39, 0.29) is 0 Å². The van der Waals surface area contributed by atoms with Crippen LogP contribution >= 0.6 is 0 Å². The zero-order chi connectivity index (χ0) is 5.82. The summed E-state index contributed by atoms with van der Waals surface area (Å²) in [6.45, 7) is 0. The molecule has 1 rings (SSSR count). The first-order valence-corrected chi connectivity index (χ1v) is 2.34. The molecule has 40 valence electrons. The normalized spacial score (nSPS) is 8.50. The maximum Gasteiger partial charge on any atom is 0.0274 e. The van der Waals surface area contributed by atoms with Gasteiger partial charge in [-0.05, 0) is 17.7 Å². The summed E-state index contributed by atoms with van der Waals surface area (Å²) in [5, 5.41) is 6.79. The number of pyridine rings is 1. The Balaban J connectivity index is 2.99. The minimum absolute atomic E-state index is 0.889. The van der Waals surface area contributed by atoms with Gasteiger partial charge in [0.1, 0.15) is 0 Å². The van der Waals surface area contributed by atoms with Crippen LogP contribution in [0.5, 0.6) is 0 Å². The minimum atomic E-state index is 0.889. The molecule has 0 amide bonds. The quantitative estimate of drug-likeness (QED) is 0.534. The van der Waals surface area contributed by atoms with E-state index >= 15 is 0 Å². The van der Waals surface area contributed by atoms with Crippen LogP contribution in [0.15, 0.2) is 24.5 Å². The first kappa shape index (κ1) is 4.97. The Bertz CT molecular complexity index is 169. The predicted molar refractivity (Wildman–Crippen MR) is 32.1 cm³/mol. The first-order chi connectivity index (χ1) is 3.93. The molecular formula is C6H6N2. The van der Waals surface area contributed by atoms with Gasteiger partial charge in [-0.25, -0.2) is 0 Å². The fraction of sp³-hybridized carbons (Fsp3) is 0. The summed E-state index contributed by atoms with van der Waals surface area (Å²) in [7, 11) is 0. The lowest BCUT2D eigenvalue weighted by Gasteiger charge is -1.83. The minimum Gasteiger partial charge on any atom is -0.308 e. The fourth-order valence-electron chi connectivity index (χ4n) is 0.460. The van der Waals surface area contributed by atoms with E-state index in [1.807, 2.05) is 0 Å². The van der Waals surface area contributed by atoms with Crippen LogP contribution < -0.4 is 0 Å². The molecule has 8 heavy (non-hydrogen) atoms. The van der Waals surface area contributed by atoms with Gasteiger partial charge in [0.25, 0.3) is 0 Å². The Morgan fingerprint density at radius 3 is 2.38 bits per heavy atom. The Kier molecular flexibility index (Phi) is 1.37. The maximum absolute atomic E-state index is 6.79. The molecule has 1 aromatic rings. The van der Waals surface area contributed by atoms with E-state index in [0.717, 1.165) is 5.56 Å². The van der Waals surface area contributed by atoms with E-state index in [4.69, 9.17) is 5.41 Å². The Morgan fingerprint density at radius 1 is 1.38 bits per heavy atom. The summed E-state index contributed by atoms with van der Waals surface area (Å²) in [5.74, 6) is 0. The van der Waals surface area contributed by atoms with Crippen molar-refractivity contribution in [1.29, 1.82) is 5.41 Å². The summed E-state index contributed by atoms with van der Waals surface area (Å²) >= 11 is 0. The highest BCUT2D eigenvalue weighted by molar-refractivity contribution is 5.76. The highest BCUT2D eigenvalue weighted by Gasteiger charge is 1.78. The third-order valence-corrected chi connectivity index (χ3v) is 0.873. The van der Waals surface area contributed by atoms with Crippen LogP contribution in [0, 0.1) is 5.41 Å². The lowest BCUT2D eigenvalue weighted by Crippen LogP contribution is -1.76. The van der Waals surface area contributed by atoms with Crippen LogP contribution in [-0.4, -0.2) is 11.2 Å². The molecule has 1 aromatic heterocycles. The molecule has 0 saturated carbocycles. The SMILES string of the molecule is N=Cc1ccncc1. The molecule has 1 heterocycles. The molecule has 0 aliphatic carbocycles. The molecule has 1 N–H and O–H groups in total. The van der Waals surface area contributed by atoms with E-state index in [1.54, 1.807) is 24.5 Å². The topological polar surface area (TPSA) is 36.7 Å². The van der Waals surface area contributed by atoms with Gasteiger partial charge in [0.2, 0.25) is 0 Å². The van der Waals surface area contributed by atoms with Crippen molar-refractivity contribution in [1.82, 2.24) is 4.98 Å². The van der Waals surface area contributed by atoms with Crippen LogP contribution in [0.1, 0.15) is 5.56 Å². The van der Waals surface area contributed by atoms with Gasteiger partial charge in [-0.3, -0.25) is 4.98 Å². The second kappa shape index (κ2) is 2.21. The Morgan fingerprint density at radius 2 is 2.00 bits per heavy atom. The third kappa shape index (κ3) is 0.904. The van der Waals surface area contributed by atoms with Crippen molar-refractivity contribution >= 4 is 6.21 Å². The molecule has 0 spiro atoms. The van der Waals surface area contributed by atoms with Crippen LogP contribution in [0.25, 0.3) is 0 Å². The van der Waals surface area contributed by atoms with E-state index in [9.17, 15) is 0 Å². The largest absolute Gasteiger partial charge is 0.308 e. The van der Waals surface area contributed by atoms with E-state index < -0.39 is 0 Å². The van der Waals surface area contributed by atoms with Crippen LogP contribution in [-0.2, 0) is 0 Å². The molecule has 0 aliphatic heterocycles. The summed E-state index contributed by atoms with van der Waals surface area (Å²) in [6, 6.07) is 3.57. The van der Waals surface area contributed by atoms with Crippen molar-refractivity contribution in [2.45, 2.75) is 0 Å². The lowest BCUT2D eigenvalue weighted by atomic mass is 10.3. The molecule has 0 atom stereocenters. The third-order valence-electron chi connectivity index (χ3n) is 0.873. The van der Waals surface area contributed by atoms with Gasteiger partial charge in [0.15, 0.2) is 0 Å². The van der Waals surface area contributed by atoms with Crippen LogP contribution in [0.4, 0.5) is 0 Å². The first-order valence-electron chi connectivity index (χ1n) is 2.34. The molecule has 0 aromatic carbocycles. The molecule has 0 saturated heterocycles. The van der Waals surface area contributed by atoms with Gasteiger partial charge >= 0.3 is 0 Å². The maximum atomic E-state index is 6.79. The number of hydrogen-bond donors (Lipinski definition) is 1. The predicted octanol–water partition coefficient (Wildman–Crippen LogP) is 1.08. The van der Waals surface area contributed by atoms with Crippen molar-refractivity contribution in [2.24, 2.45) is 0 Å². The smallest absolute Gasteiger partial charge is 0.0274 e. The summed E-state index contributed by atoms with van der Waals surface area (Å²) in [6.07, 6.45) is 4.63. The summed E-state index contributed by atoms with van der Waals surface area (Å²) in [5.41, 5.74) is 0.889. The summed E-state index contributed by atoms with van der Waals surface area (Å²) in [4.78, 5) is 3.79. The number of nitrogens with zero attached hydrogens (tertiary/aromatic N) is 1.